The van der Waals surface area contributed by atoms with Gasteiger partial charge < -0.3 is 10.6 Å². The summed E-state index contributed by atoms with van der Waals surface area (Å²) in [5, 5.41) is 3.13. The van der Waals surface area contributed by atoms with Crippen molar-refractivity contribution in [3.05, 3.63) is 27.7 Å². The molecule has 4 rings (SSSR count). The van der Waals surface area contributed by atoms with Gasteiger partial charge in [0, 0.05) is 31.7 Å². The Morgan fingerprint density at radius 3 is 2.92 bits per heavy atom. The Balaban J connectivity index is 1.79. The molecule has 1 saturated carbocycles. The van der Waals surface area contributed by atoms with Crippen LogP contribution in [0.15, 0.2) is 10.9 Å². The van der Waals surface area contributed by atoms with Gasteiger partial charge in [-0.15, -0.1) is 0 Å². The fraction of sp³-hybridized carbons (Fsp3) is 0.588. The van der Waals surface area contributed by atoms with E-state index in [1.807, 2.05) is 11.0 Å². The largest absolute Gasteiger partial charge is 0.338 e. The molecular weight excluding hydrogens is 306 g/mol. The maximum Gasteiger partial charge on any atom is 0.274 e. The van der Waals surface area contributed by atoms with Gasteiger partial charge in [-0.1, -0.05) is 0 Å². The van der Waals surface area contributed by atoms with Crippen molar-refractivity contribution in [1.82, 2.24) is 19.7 Å². The average Bonchev–Trinajstić information content (AvgIpc) is 3.41. The summed E-state index contributed by atoms with van der Waals surface area (Å²) in [4.78, 5) is 31.9. The smallest absolute Gasteiger partial charge is 0.274 e. The van der Waals surface area contributed by atoms with Gasteiger partial charge in [0.1, 0.15) is 0 Å². The highest BCUT2D eigenvalue weighted by molar-refractivity contribution is 6.05. The minimum Gasteiger partial charge on any atom is -0.338 e. The number of nitrogens with two attached hydrogens (primary N) is 1. The van der Waals surface area contributed by atoms with Gasteiger partial charge in [0.2, 0.25) is 0 Å². The second-order valence-corrected chi connectivity index (χ2v) is 7.06. The van der Waals surface area contributed by atoms with Crippen molar-refractivity contribution in [2.75, 3.05) is 19.6 Å². The standard InChI is InChI=1S/C17H23N5O2/c1-21-15-14(16(23)20-21)12(7-13(19-15)11-4-5-11)17(24)22-6-2-3-10(8-18)9-22/h7,10-11H,2-6,8-9,18H2,1H3,(H,20,23)/t10-/m1/s1. The number of nitrogens with one attached hydrogen (secondary N) is 1. The molecule has 7 heteroatoms. The van der Waals surface area contributed by atoms with Gasteiger partial charge in [-0.05, 0) is 44.2 Å². The van der Waals surface area contributed by atoms with E-state index in [-0.39, 0.29) is 11.5 Å². The van der Waals surface area contributed by atoms with E-state index in [4.69, 9.17) is 5.73 Å². The fourth-order valence-corrected chi connectivity index (χ4v) is 3.65. The second kappa shape index (κ2) is 5.73. The van der Waals surface area contributed by atoms with Gasteiger partial charge in [-0.25, -0.2) is 4.98 Å². The molecule has 1 amide bonds. The second-order valence-electron chi connectivity index (χ2n) is 7.06. The van der Waals surface area contributed by atoms with E-state index in [1.165, 1.54) is 0 Å². The van der Waals surface area contributed by atoms with Gasteiger partial charge in [0.25, 0.3) is 11.5 Å². The number of aromatic nitrogens is 3. The fourth-order valence-electron chi connectivity index (χ4n) is 3.65. The number of hydrogen-bond acceptors (Lipinski definition) is 4. The number of amides is 1. The Morgan fingerprint density at radius 2 is 2.21 bits per heavy atom. The highest BCUT2D eigenvalue weighted by Crippen LogP contribution is 2.40. The molecule has 0 spiro atoms. The predicted octanol–water partition coefficient (Wildman–Crippen LogP) is 0.950. The minimum absolute atomic E-state index is 0.0702. The van der Waals surface area contributed by atoms with E-state index in [0.717, 1.165) is 37.9 Å². The van der Waals surface area contributed by atoms with E-state index < -0.39 is 0 Å². The number of rotatable bonds is 3. The number of pyridine rings is 1. The summed E-state index contributed by atoms with van der Waals surface area (Å²) in [5.74, 6) is 0.695. The normalized spacial score (nSPS) is 21.4. The number of fused-ring (bicyclic) bond motifs is 1. The number of likely N-dealkylation sites (tertiary alicyclic amines) is 1. The van der Waals surface area contributed by atoms with Gasteiger partial charge in [0.15, 0.2) is 5.65 Å². The van der Waals surface area contributed by atoms with E-state index in [9.17, 15) is 9.59 Å². The molecule has 128 valence electrons. The molecule has 7 nitrogen and oxygen atoms in total. The van der Waals surface area contributed by atoms with Gasteiger partial charge in [-0.2, -0.15) is 0 Å². The van der Waals surface area contributed by atoms with Crippen molar-refractivity contribution in [3.63, 3.8) is 0 Å². The van der Waals surface area contributed by atoms with Crippen molar-refractivity contribution >= 4 is 16.9 Å². The molecule has 24 heavy (non-hydrogen) atoms. The van der Waals surface area contributed by atoms with Crippen molar-refractivity contribution < 1.29 is 4.79 Å². The third-order valence-corrected chi connectivity index (χ3v) is 5.20. The molecule has 0 radical (unpaired) electrons. The summed E-state index contributed by atoms with van der Waals surface area (Å²) in [5.41, 5.74) is 7.52. The van der Waals surface area contributed by atoms with Gasteiger partial charge >= 0.3 is 0 Å². The van der Waals surface area contributed by atoms with E-state index in [2.05, 4.69) is 10.1 Å². The number of H-pyrrole nitrogens is 1. The lowest BCUT2D eigenvalue weighted by Gasteiger charge is -2.32. The molecule has 0 bridgehead atoms. The van der Waals surface area contributed by atoms with E-state index in [1.54, 1.807) is 11.7 Å². The summed E-state index contributed by atoms with van der Waals surface area (Å²) in [6.45, 7) is 1.99. The zero-order chi connectivity index (χ0) is 16.8. The quantitative estimate of drug-likeness (QED) is 0.876. The number of carbonyl (C=O) groups excluding carboxylic acids is 1. The molecule has 1 aliphatic carbocycles. The zero-order valence-electron chi connectivity index (χ0n) is 13.9. The summed E-state index contributed by atoms with van der Waals surface area (Å²) in [7, 11) is 1.76. The Morgan fingerprint density at radius 1 is 1.42 bits per heavy atom. The molecule has 3 N–H and O–H groups in total. The van der Waals surface area contributed by atoms with Crippen LogP contribution in [0.3, 0.4) is 0 Å². The molecule has 0 aromatic carbocycles. The van der Waals surface area contributed by atoms with Crippen LogP contribution in [0.2, 0.25) is 0 Å². The Bertz CT molecular complexity index is 849. The molecule has 2 fully saturated rings. The van der Waals surface area contributed by atoms with Crippen LogP contribution in [-0.2, 0) is 7.05 Å². The SMILES string of the molecule is Cn1[nH]c(=O)c2c(C(=O)N3CCC[C@H](CN)C3)cc(C3CC3)nc21. The molecule has 2 aromatic rings. The summed E-state index contributed by atoms with van der Waals surface area (Å²) < 4.78 is 1.61. The lowest BCUT2D eigenvalue weighted by molar-refractivity contribution is 0.0680. The van der Waals surface area contributed by atoms with Crippen LogP contribution in [-0.4, -0.2) is 45.2 Å². The average molecular weight is 329 g/mol. The summed E-state index contributed by atoms with van der Waals surface area (Å²) >= 11 is 0. The lowest BCUT2D eigenvalue weighted by Crippen LogP contribution is -2.42. The van der Waals surface area contributed by atoms with E-state index in [0.29, 0.717) is 41.5 Å². The number of nitrogens with zero attached hydrogens (tertiary/aromatic N) is 3. The van der Waals surface area contributed by atoms with Crippen molar-refractivity contribution in [2.24, 2.45) is 18.7 Å². The van der Waals surface area contributed by atoms with Crippen molar-refractivity contribution in [1.29, 1.82) is 0 Å². The van der Waals surface area contributed by atoms with Crippen LogP contribution >= 0.6 is 0 Å². The van der Waals surface area contributed by atoms with Crippen LogP contribution in [0, 0.1) is 5.92 Å². The summed E-state index contributed by atoms with van der Waals surface area (Å²) in [6.07, 6.45) is 4.22. The number of piperidine rings is 1. The first-order chi connectivity index (χ1) is 11.6. The van der Waals surface area contributed by atoms with Gasteiger partial charge in [-0.3, -0.25) is 19.4 Å². The monoisotopic (exact) mass is 329 g/mol. The van der Waals surface area contributed by atoms with Crippen molar-refractivity contribution in [3.8, 4) is 0 Å². The number of aromatic amines is 1. The van der Waals surface area contributed by atoms with Crippen LogP contribution in [0.1, 0.15) is 47.7 Å². The molecule has 1 saturated heterocycles. The van der Waals surface area contributed by atoms with E-state index >= 15 is 0 Å². The zero-order valence-corrected chi connectivity index (χ0v) is 13.9. The molecule has 1 atom stereocenters. The maximum absolute atomic E-state index is 13.1. The lowest BCUT2D eigenvalue weighted by atomic mass is 9.97. The molecule has 3 heterocycles. The molecule has 1 aliphatic heterocycles. The van der Waals surface area contributed by atoms with Crippen molar-refractivity contribution in [2.45, 2.75) is 31.6 Å². The van der Waals surface area contributed by atoms with Crippen LogP contribution in [0.4, 0.5) is 0 Å². The maximum atomic E-state index is 13.1. The highest BCUT2D eigenvalue weighted by Gasteiger charge is 2.31. The van der Waals surface area contributed by atoms with Crippen LogP contribution in [0.25, 0.3) is 11.0 Å². The van der Waals surface area contributed by atoms with Crippen LogP contribution < -0.4 is 11.3 Å². The Hall–Kier alpha value is -2.15. The Kier molecular flexibility index (Phi) is 3.68. The molecule has 0 unspecified atom stereocenters. The third kappa shape index (κ3) is 2.53. The summed E-state index contributed by atoms with van der Waals surface area (Å²) in [6, 6.07) is 1.84. The first kappa shape index (κ1) is 15.4. The molecular formula is C17H23N5O2. The Labute approximate surface area is 139 Å². The highest BCUT2D eigenvalue weighted by atomic mass is 16.2. The first-order valence-corrected chi connectivity index (χ1v) is 8.67. The number of carbonyl (C=O) groups is 1. The minimum atomic E-state index is -0.252. The third-order valence-electron chi connectivity index (χ3n) is 5.20. The first-order valence-electron chi connectivity index (χ1n) is 8.67. The number of hydrogen-bond donors (Lipinski definition) is 2. The van der Waals surface area contributed by atoms with Gasteiger partial charge in [0.05, 0.1) is 10.9 Å². The molecule has 2 aromatic heterocycles. The number of aryl methyl sites for hydroxylation is 1. The molecule has 2 aliphatic rings. The van der Waals surface area contributed by atoms with Crippen LogP contribution in [0.5, 0.6) is 0 Å². The topological polar surface area (TPSA) is 97.0 Å². The predicted molar refractivity (Wildman–Crippen MR) is 91.0 cm³/mol.